The third-order valence-corrected chi connectivity index (χ3v) is 14.0. The van der Waals surface area contributed by atoms with Crippen LogP contribution in [0, 0.1) is 0 Å². The summed E-state index contributed by atoms with van der Waals surface area (Å²) in [6.45, 7) is 0.427. The lowest BCUT2D eigenvalue weighted by atomic mass is 9.94. The van der Waals surface area contributed by atoms with Crippen molar-refractivity contribution in [3.63, 3.8) is 0 Å². The number of ether oxygens (including phenoxy) is 26. The van der Waals surface area contributed by atoms with Crippen LogP contribution in [0.15, 0.2) is 0 Å². The summed E-state index contributed by atoms with van der Waals surface area (Å²) >= 11 is 0. The molecule has 0 saturated carbocycles. The Kier molecular flexibility index (Phi) is 27.1. The Morgan fingerprint density at radius 1 is 0.192 bits per heavy atom. The van der Waals surface area contributed by atoms with E-state index >= 15 is 0 Å². The fourth-order valence-electron chi connectivity index (χ4n) is 10.7. The van der Waals surface area contributed by atoms with Crippen molar-refractivity contribution in [1.29, 1.82) is 0 Å². The molecule has 0 aromatic heterocycles. The SMILES string of the molecule is COC[C@H]1O[C@H](O[C@H]2[C@H](OC)[C@@H](OC)[C@@H](O[C@H]3[C@H](OC)[C@@H](OC)[C@@H](O[C@H]4[C@H](OC)[C@@H](OC)[C@@H](O[C@H]5[C@H](OC)[C@@H](OC)[C@H](OC)O[C@@H]5COC)O[C@@H]4COC)O[C@@H]3COC)O[C@@H]2COC)[C@H](OC)[C@@H](OC)[C@@H]1OC. The van der Waals surface area contributed by atoms with E-state index in [0.29, 0.717) is 0 Å². The fourth-order valence-corrected chi connectivity index (χ4v) is 10.7. The van der Waals surface area contributed by atoms with Crippen LogP contribution in [0.2, 0.25) is 0 Å². The highest BCUT2D eigenvalue weighted by Gasteiger charge is 2.59. The van der Waals surface area contributed by atoms with E-state index < -0.39 is 154 Å². The second kappa shape index (κ2) is 31.5. The Bertz CT molecular complexity index is 1490. The fraction of sp³-hybridized carbons (Fsp3) is 1.00. The molecule has 0 N–H and O–H groups in total. The number of hydrogen-bond acceptors (Lipinski definition) is 26. The molecule has 5 aliphatic heterocycles. The molecule has 73 heavy (non-hydrogen) atoms. The first-order chi connectivity index (χ1) is 35.5. The van der Waals surface area contributed by atoms with Crippen molar-refractivity contribution in [1.82, 2.24) is 0 Å². The Labute approximate surface area is 429 Å². The van der Waals surface area contributed by atoms with Crippen LogP contribution in [0.5, 0.6) is 0 Å². The van der Waals surface area contributed by atoms with Gasteiger partial charge in [0, 0.05) is 121 Å². The molecule has 0 aromatic carbocycles. The first-order valence-electron chi connectivity index (χ1n) is 24.2. The van der Waals surface area contributed by atoms with E-state index in [1.807, 2.05) is 0 Å². The largest absolute Gasteiger partial charge is 0.382 e. The van der Waals surface area contributed by atoms with Crippen molar-refractivity contribution in [3.8, 4) is 0 Å². The molecule has 0 aliphatic carbocycles. The summed E-state index contributed by atoms with van der Waals surface area (Å²) in [4.78, 5) is 0. The van der Waals surface area contributed by atoms with Gasteiger partial charge in [-0.25, -0.2) is 0 Å². The molecule has 5 rings (SSSR count). The van der Waals surface area contributed by atoms with E-state index in [4.69, 9.17) is 123 Å². The van der Waals surface area contributed by atoms with Crippen LogP contribution in [0.3, 0.4) is 0 Å². The molecule has 25 atom stereocenters. The van der Waals surface area contributed by atoms with Crippen molar-refractivity contribution in [2.75, 3.05) is 154 Å². The minimum Gasteiger partial charge on any atom is -0.382 e. The van der Waals surface area contributed by atoms with Crippen LogP contribution in [-0.2, 0) is 123 Å². The van der Waals surface area contributed by atoms with Gasteiger partial charge in [0.15, 0.2) is 31.5 Å². The predicted molar refractivity (Wildman–Crippen MR) is 248 cm³/mol. The maximum absolute atomic E-state index is 6.91. The van der Waals surface area contributed by atoms with Gasteiger partial charge in [0.25, 0.3) is 0 Å². The quantitative estimate of drug-likeness (QED) is 0.0855. The van der Waals surface area contributed by atoms with E-state index in [1.54, 1.807) is 42.7 Å². The molecule has 0 bridgehead atoms. The summed E-state index contributed by atoms with van der Waals surface area (Å²) in [5.74, 6) is 0. The van der Waals surface area contributed by atoms with Gasteiger partial charge in [-0.05, 0) is 0 Å². The van der Waals surface area contributed by atoms with Gasteiger partial charge in [-0.3, -0.25) is 0 Å². The molecule has 430 valence electrons. The van der Waals surface area contributed by atoms with Gasteiger partial charge >= 0.3 is 0 Å². The molecule has 26 nitrogen and oxygen atoms in total. The highest BCUT2D eigenvalue weighted by Crippen LogP contribution is 2.40. The number of rotatable bonds is 30. The van der Waals surface area contributed by atoms with E-state index in [9.17, 15) is 0 Å². The predicted octanol–water partition coefficient (Wildman–Crippen LogP) is -0.805. The molecular formula is C47H86O26. The molecule has 26 heteroatoms. The van der Waals surface area contributed by atoms with E-state index in [0.717, 1.165) is 0 Å². The molecule has 5 saturated heterocycles. The third kappa shape index (κ3) is 14.2. The smallest absolute Gasteiger partial charge is 0.187 e. The third-order valence-electron chi connectivity index (χ3n) is 14.0. The van der Waals surface area contributed by atoms with E-state index in [2.05, 4.69) is 0 Å². The number of methoxy groups -OCH3 is 17. The lowest BCUT2D eigenvalue weighted by Crippen LogP contribution is -2.69. The van der Waals surface area contributed by atoms with Crippen molar-refractivity contribution in [2.24, 2.45) is 0 Å². The molecule has 5 aliphatic rings. The van der Waals surface area contributed by atoms with Gasteiger partial charge in [0.1, 0.15) is 122 Å². The minimum atomic E-state index is -1.14. The second-order valence-electron chi connectivity index (χ2n) is 17.8. The maximum Gasteiger partial charge on any atom is 0.187 e. The zero-order valence-corrected chi connectivity index (χ0v) is 45.6. The van der Waals surface area contributed by atoms with Gasteiger partial charge < -0.3 is 123 Å². The normalized spacial score (nSPS) is 43.6. The second-order valence-corrected chi connectivity index (χ2v) is 17.8. The van der Waals surface area contributed by atoms with E-state index in [-0.39, 0.29) is 33.0 Å². The van der Waals surface area contributed by atoms with Gasteiger partial charge in [-0.2, -0.15) is 0 Å². The average molecular weight is 1070 g/mol. The Balaban J connectivity index is 1.41. The van der Waals surface area contributed by atoms with Gasteiger partial charge in [-0.1, -0.05) is 0 Å². The molecular weight excluding hydrogens is 980 g/mol. The molecule has 0 unspecified atom stereocenters. The summed E-state index contributed by atoms with van der Waals surface area (Å²) in [6.07, 6.45) is -20.9. The van der Waals surface area contributed by atoms with Crippen LogP contribution in [0.1, 0.15) is 0 Å². The Morgan fingerprint density at radius 3 is 0.562 bits per heavy atom. The first kappa shape index (κ1) is 62.8. The molecule has 0 radical (unpaired) electrons. The summed E-state index contributed by atoms with van der Waals surface area (Å²) in [6, 6.07) is 0. The summed E-state index contributed by atoms with van der Waals surface area (Å²) in [5, 5.41) is 0. The molecule has 0 spiro atoms. The minimum absolute atomic E-state index is 0.0154. The van der Waals surface area contributed by atoms with Gasteiger partial charge in [0.05, 0.1) is 33.0 Å². The Morgan fingerprint density at radius 2 is 0.370 bits per heavy atom. The van der Waals surface area contributed by atoms with Crippen molar-refractivity contribution >= 4 is 0 Å². The monoisotopic (exact) mass is 1070 g/mol. The zero-order valence-electron chi connectivity index (χ0n) is 45.6. The lowest BCUT2D eigenvalue weighted by molar-refractivity contribution is -0.399. The Hall–Kier alpha value is -1.04. The van der Waals surface area contributed by atoms with Crippen LogP contribution >= 0.6 is 0 Å². The van der Waals surface area contributed by atoms with Crippen LogP contribution in [-0.4, -0.2) is 307 Å². The zero-order chi connectivity index (χ0) is 53.4. The number of hydrogen-bond donors (Lipinski definition) is 0. The summed E-state index contributed by atoms with van der Waals surface area (Å²) < 4.78 is 160. The van der Waals surface area contributed by atoms with E-state index in [1.165, 1.54) is 78.2 Å². The first-order valence-corrected chi connectivity index (χ1v) is 24.2. The van der Waals surface area contributed by atoms with Crippen LogP contribution in [0.4, 0.5) is 0 Å². The highest BCUT2D eigenvalue weighted by molar-refractivity contribution is 5.01. The van der Waals surface area contributed by atoms with Crippen molar-refractivity contribution < 1.29 is 123 Å². The highest BCUT2D eigenvalue weighted by atomic mass is 16.8. The van der Waals surface area contributed by atoms with Gasteiger partial charge in [0.2, 0.25) is 0 Å². The summed E-state index contributed by atoms with van der Waals surface area (Å²) in [7, 11) is 26.1. The van der Waals surface area contributed by atoms with Crippen LogP contribution < -0.4 is 0 Å². The molecule has 0 aromatic rings. The molecule has 5 heterocycles. The maximum atomic E-state index is 6.91. The summed E-state index contributed by atoms with van der Waals surface area (Å²) in [5.41, 5.74) is 0. The average Bonchev–Trinajstić information content (AvgIpc) is 3.40. The van der Waals surface area contributed by atoms with Crippen LogP contribution in [0.25, 0.3) is 0 Å². The van der Waals surface area contributed by atoms with Gasteiger partial charge in [-0.15, -0.1) is 0 Å². The standard InChI is InChI=1S/C47H86O26/c1-48-18-23-28(53-6)33(54-7)39(60-13)44(66-23)71-30-25(20-50-3)68-46(41(62-15)35(30)56-9)73-32-27(22-52-5)69-47(42(63-16)37(32)58-11)72-31-26(21-51-4)67-45(40(61-14)36(31)57-10)70-29-24(19-49-2)65-43(64-17)38(59-12)34(29)55-8/h23-47H,18-22H2,1-17H3/t23-,24-,25-,26-,27-,28-,29-,30-,31-,32-,33+,34+,35+,36+,37+,38-,39-,40-,41-,42-,43-,44-,45-,46-,47-/m1/s1. The topological polar surface area (TPSA) is 240 Å². The van der Waals surface area contributed by atoms with Crippen molar-refractivity contribution in [2.45, 2.75) is 154 Å². The lowest BCUT2D eigenvalue weighted by Gasteiger charge is -2.52. The molecule has 0 amide bonds. The van der Waals surface area contributed by atoms with Crippen molar-refractivity contribution in [3.05, 3.63) is 0 Å². The molecule has 5 fully saturated rings.